The van der Waals surface area contributed by atoms with E-state index in [1.54, 1.807) is 30.3 Å². The summed E-state index contributed by atoms with van der Waals surface area (Å²) in [6.45, 7) is 2.47. The van der Waals surface area contributed by atoms with Gasteiger partial charge in [-0.15, -0.1) is 0 Å². The number of piperidine rings is 1. The monoisotopic (exact) mass is 499 g/mol. The van der Waals surface area contributed by atoms with E-state index in [0.29, 0.717) is 49.6 Å². The number of amides is 1. The zero-order valence-electron chi connectivity index (χ0n) is 20.8. The lowest BCUT2D eigenvalue weighted by molar-refractivity contribution is -0.158. The van der Waals surface area contributed by atoms with Gasteiger partial charge in [0.1, 0.15) is 0 Å². The molecule has 7 nitrogen and oxygen atoms in total. The summed E-state index contributed by atoms with van der Waals surface area (Å²) in [4.78, 5) is 29.2. The number of carboxylic acid groups (broad SMARTS) is 1. The first-order chi connectivity index (χ1) is 17.9. The Balaban J connectivity index is 1.26. The number of anilines is 1. The molecule has 2 aliphatic heterocycles. The second-order valence-corrected chi connectivity index (χ2v) is 10.1. The van der Waals surface area contributed by atoms with Crippen LogP contribution < -0.4 is 10.6 Å². The maximum atomic E-state index is 13.3. The van der Waals surface area contributed by atoms with Crippen molar-refractivity contribution in [2.45, 2.75) is 37.3 Å². The molecule has 4 N–H and O–H groups in total. The van der Waals surface area contributed by atoms with Gasteiger partial charge in [-0.1, -0.05) is 54.6 Å². The first-order valence-corrected chi connectivity index (χ1v) is 12.9. The van der Waals surface area contributed by atoms with Crippen LogP contribution in [0.5, 0.6) is 0 Å². The van der Waals surface area contributed by atoms with E-state index in [1.807, 2.05) is 34.1 Å². The van der Waals surface area contributed by atoms with Gasteiger partial charge < -0.3 is 25.7 Å². The van der Waals surface area contributed by atoms with Gasteiger partial charge in [0.05, 0.1) is 6.54 Å². The second kappa shape index (κ2) is 10.4. The van der Waals surface area contributed by atoms with Crippen LogP contribution in [0.3, 0.4) is 0 Å². The van der Waals surface area contributed by atoms with Crippen LogP contribution in [0.1, 0.15) is 51.4 Å². The van der Waals surface area contributed by atoms with Crippen molar-refractivity contribution in [3.8, 4) is 0 Å². The largest absolute Gasteiger partial charge is 0.479 e. The van der Waals surface area contributed by atoms with Gasteiger partial charge in [-0.2, -0.15) is 0 Å². The molecule has 7 heteroatoms. The van der Waals surface area contributed by atoms with Crippen molar-refractivity contribution in [2.24, 2.45) is 5.73 Å². The van der Waals surface area contributed by atoms with Crippen LogP contribution in [-0.2, 0) is 23.4 Å². The van der Waals surface area contributed by atoms with Gasteiger partial charge in [0.15, 0.2) is 0 Å². The fourth-order valence-corrected chi connectivity index (χ4v) is 5.61. The minimum absolute atomic E-state index is 0.0294. The fraction of sp³-hybridized carbons (Fsp3) is 0.333. The zero-order chi connectivity index (χ0) is 26.0. The highest BCUT2D eigenvalue weighted by Gasteiger charge is 2.41. The van der Waals surface area contributed by atoms with Crippen LogP contribution in [0.2, 0.25) is 0 Å². The molecular formula is C30H33N3O4. The van der Waals surface area contributed by atoms with Crippen LogP contribution in [0, 0.1) is 0 Å². The average Bonchev–Trinajstić information content (AvgIpc) is 3.34. The Labute approximate surface area is 217 Å². The molecule has 192 valence electrons. The Bertz CT molecular complexity index is 1290. The predicted octanol–water partition coefficient (Wildman–Crippen LogP) is 3.50. The Hall–Kier alpha value is -3.68. The van der Waals surface area contributed by atoms with Crippen molar-refractivity contribution in [1.29, 1.82) is 0 Å². The Morgan fingerprint density at radius 1 is 0.946 bits per heavy atom. The lowest BCUT2D eigenvalue weighted by Gasteiger charge is -2.33. The number of carboxylic acids is 1. The predicted molar refractivity (Wildman–Crippen MR) is 143 cm³/mol. The number of β-amino-alcohol motifs (C(OH)–C–C–N with tert-alkyl or cyclic N) is 1. The summed E-state index contributed by atoms with van der Waals surface area (Å²) < 4.78 is 0. The normalized spacial score (nSPS) is 17.4. The smallest absolute Gasteiger partial charge is 0.342 e. The number of hydrogen-bond donors (Lipinski definition) is 3. The Kier molecular flexibility index (Phi) is 7.00. The molecular weight excluding hydrogens is 466 g/mol. The van der Waals surface area contributed by atoms with Crippen molar-refractivity contribution >= 4 is 17.6 Å². The lowest BCUT2D eigenvalue weighted by Crippen LogP contribution is -2.46. The van der Waals surface area contributed by atoms with Gasteiger partial charge >= 0.3 is 5.97 Å². The molecule has 0 spiro atoms. The molecule has 37 heavy (non-hydrogen) atoms. The van der Waals surface area contributed by atoms with Crippen molar-refractivity contribution in [2.75, 3.05) is 31.1 Å². The first kappa shape index (κ1) is 25.0. The van der Waals surface area contributed by atoms with E-state index in [-0.39, 0.29) is 12.5 Å². The number of aliphatic hydroxyl groups is 1. The van der Waals surface area contributed by atoms with E-state index in [4.69, 9.17) is 5.73 Å². The molecule has 3 aromatic carbocycles. The zero-order valence-corrected chi connectivity index (χ0v) is 20.8. The molecule has 1 saturated heterocycles. The van der Waals surface area contributed by atoms with Crippen LogP contribution in [0.25, 0.3) is 0 Å². The molecule has 2 heterocycles. The number of likely N-dealkylation sites (tertiary alicyclic amines) is 1. The minimum atomic E-state index is -2.02. The highest BCUT2D eigenvalue weighted by Crippen LogP contribution is 2.34. The molecule has 0 aromatic heterocycles. The van der Waals surface area contributed by atoms with Gasteiger partial charge in [-0.05, 0) is 65.6 Å². The topological polar surface area (TPSA) is 107 Å². The average molecular weight is 500 g/mol. The molecule has 5 rings (SSSR count). The molecule has 1 amide bonds. The highest BCUT2D eigenvalue weighted by molar-refractivity contribution is 5.95. The SMILES string of the molecule is NCc1cccc(C2CCN(C(=O)c3ccc4c(c3)CCN4CC(O)(C(=O)O)c3ccccc3)CC2)c1. The molecule has 1 atom stereocenters. The third kappa shape index (κ3) is 4.97. The summed E-state index contributed by atoms with van der Waals surface area (Å²) in [5.41, 5.74) is 9.07. The third-order valence-corrected chi connectivity index (χ3v) is 7.78. The number of carbonyl (C=O) groups is 2. The number of nitrogens with two attached hydrogens (primary N) is 1. The summed E-state index contributed by atoms with van der Waals surface area (Å²) in [6, 6.07) is 22.5. The quantitative estimate of drug-likeness (QED) is 0.459. The Morgan fingerprint density at radius 2 is 1.70 bits per heavy atom. The molecule has 2 aliphatic rings. The minimum Gasteiger partial charge on any atom is -0.479 e. The third-order valence-electron chi connectivity index (χ3n) is 7.78. The van der Waals surface area contributed by atoms with Gasteiger partial charge in [0, 0.05) is 37.4 Å². The summed E-state index contributed by atoms with van der Waals surface area (Å²) in [5, 5.41) is 20.9. The number of fused-ring (bicyclic) bond motifs is 1. The molecule has 0 saturated carbocycles. The van der Waals surface area contributed by atoms with E-state index >= 15 is 0 Å². The summed E-state index contributed by atoms with van der Waals surface area (Å²) in [7, 11) is 0. The van der Waals surface area contributed by atoms with Gasteiger partial charge in [0.25, 0.3) is 5.91 Å². The molecule has 1 fully saturated rings. The van der Waals surface area contributed by atoms with E-state index in [0.717, 1.165) is 29.7 Å². The van der Waals surface area contributed by atoms with Gasteiger partial charge in [-0.3, -0.25) is 4.79 Å². The van der Waals surface area contributed by atoms with Crippen molar-refractivity contribution in [3.05, 3.63) is 101 Å². The molecule has 0 aliphatic carbocycles. The van der Waals surface area contributed by atoms with Crippen molar-refractivity contribution in [1.82, 2.24) is 4.90 Å². The van der Waals surface area contributed by atoms with E-state index < -0.39 is 11.6 Å². The molecule has 1 unspecified atom stereocenters. The first-order valence-electron chi connectivity index (χ1n) is 12.9. The number of benzene rings is 3. The molecule has 0 radical (unpaired) electrons. The van der Waals surface area contributed by atoms with Crippen LogP contribution in [0.15, 0.2) is 72.8 Å². The van der Waals surface area contributed by atoms with Crippen LogP contribution in [0.4, 0.5) is 5.69 Å². The fourth-order valence-electron chi connectivity index (χ4n) is 5.61. The van der Waals surface area contributed by atoms with Crippen molar-refractivity contribution in [3.63, 3.8) is 0 Å². The second-order valence-electron chi connectivity index (χ2n) is 10.1. The van der Waals surface area contributed by atoms with E-state index in [2.05, 4.69) is 18.2 Å². The summed E-state index contributed by atoms with van der Waals surface area (Å²) in [6.07, 6.45) is 2.54. The van der Waals surface area contributed by atoms with Crippen LogP contribution >= 0.6 is 0 Å². The maximum Gasteiger partial charge on any atom is 0.342 e. The number of aliphatic carboxylic acids is 1. The number of hydrogen-bond acceptors (Lipinski definition) is 5. The number of rotatable bonds is 7. The van der Waals surface area contributed by atoms with Gasteiger partial charge in [-0.25, -0.2) is 4.79 Å². The summed E-state index contributed by atoms with van der Waals surface area (Å²) in [5.74, 6) is -0.819. The number of carbonyl (C=O) groups excluding carboxylic acids is 1. The highest BCUT2D eigenvalue weighted by atomic mass is 16.4. The Morgan fingerprint density at radius 3 is 2.41 bits per heavy atom. The summed E-state index contributed by atoms with van der Waals surface area (Å²) >= 11 is 0. The van der Waals surface area contributed by atoms with E-state index in [9.17, 15) is 19.8 Å². The van der Waals surface area contributed by atoms with Crippen molar-refractivity contribution < 1.29 is 19.8 Å². The van der Waals surface area contributed by atoms with Crippen LogP contribution in [-0.4, -0.2) is 53.2 Å². The van der Waals surface area contributed by atoms with E-state index in [1.165, 1.54) is 5.56 Å². The maximum absolute atomic E-state index is 13.3. The molecule has 0 bridgehead atoms. The van der Waals surface area contributed by atoms with Gasteiger partial charge in [0.2, 0.25) is 5.60 Å². The number of nitrogens with zero attached hydrogens (tertiary/aromatic N) is 2. The molecule has 3 aromatic rings. The lowest BCUT2D eigenvalue weighted by atomic mass is 9.88. The standard InChI is InChI=1S/C30H33N3O4/c31-19-21-5-4-6-23(17-21)22-11-14-32(15-12-22)28(34)25-9-10-27-24(18-25)13-16-33(27)20-30(37,29(35)36)26-7-2-1-3-8-26/h1-10,17-18,22,37H,11-16,19-20,31H2,(H,35,36).